The van der Waals surface area contributed by atoms with Crippen LogP contribution < -0.4 is 0 Å². The zero-order valence-corrected chi connectivity index (χ0v) is 12.4. The van der Waals surface area contributed by atoms with Gasteiger partial charge in [-0.1, -0.05) is 25.5 Å². The minimum Gasteiger partial charge on any atom is -0.450 e. The molecule has 1 heterocycles. The molecule has 0 amide bonds. The van der Waals surface area contributed by atoms with Gasteiger partial charge in [-0.25, -0.2) is 4.79 Å². The second-order valence-electron chi connectivity index (χ2n) is 7.42. The summed E-state index contributed by atoms with van der Waals surface area (Å²) in [6, 6.07) is 0. The summed E-state index contributed by atoms with van der Waals surface area (Å²) in [6.07, 6.45) is 5.31. The van der Waals surface area contributed by atoms with Crippen LogP contribution in [0.3, 0.4) is 0 Å². The molecule has 3 nitrogen and oxygen atoms in total. The Kier molecular flexibility index (Phi) is 1.93. The molecule has 3 heteroatoms. The highest BCUT2D eigenvalue weighted by Crippen LogP contribution is 2.70. The fraction of sp³-hybridized carbons (Fsp3) is 0.588. The number of fused-ring (bicyclic) bond motifs is 4. The van der Waals surface area contributed by atoms with E-state index in [0.717, 1.165) is 29.6 Å². The van der Waals surface area contributed by atoms with E-state index in [4.69, 9.17) is 4.74 Å². The lowest BCUT2D eigenvalue weighted by Crippen LogP contribution is -2.44. The fourth-order valence-corrected chi connectivity index (χ4v) is 4.50. The van der Waals surface area contributed by atoms with E-state index in [0.29, 0.717) is 0 Å². The number of hydrogen-bond acceptors (Lipinski definition) is 3. The normalized spacial score (nSPS) is 39.2. The minimum absolute atomic E-state index is 0.0843. The van der Waals surface area contributed by atoms with Gasteiger partial charge >= 0.3 is 5.97 Å². The number of carbonyl (C=O) groups excluding carboxylic acids is 1. The molecule has 1 spiro atoms. The molecular formula is C17H20O3. The molecule has 106 valence electrons. The smallest absolute Gasteiger partial charge is 0.332 e. The summed E-state index contributed by atoms with van der Waals surface area (Å²) in [4.78, 5) is 11.9. The molecule has 0 radical (unpaired) electrons. The summed E-state index contributed by atoms with van der Waals surface area (Å²) in [5.41, 5.74) is 3.35. The lowest BCUT2D eigenvalue weighted by molar-refractivity contribution is -0.149. The molecule has 0 aromatic carbocycles. The Morgan fingerprint density at radius 2 is 1.95 bits per heavy atom. The van der Waals surface area contributed by atoms with Crippen molar-refractivity contribution in [3.63, 3.8) is 0 Å². The van der Waals surface area contributed by atoms with Crippen molar-refractivity contribution in [2.75, 3.05) is 0 Å². The summed E-state index contributed by atoms with van der Waals surface area (Å²) < 4.78 is 5.72. The molecule has 1 fully saturated rings. The third-order valence-corrected chi connectivity index (χ3v) is 5.94. The molecule has 0 aromatic heterocycles. The maximum atomic E-state index is 11.9. The van der Waals surface area contributed by atoms with Gasteiger partial charge in [0.05, 0.1) is 6.10 Å². The third-order valence-electron chi connectivity index (χ3n) is 5.94. The number of aliphatic hydroxyl groups is 1. The van der Waals surface area contributed by atoms with Crippen LogP contribution in [0.4, 0.5) is 0 Å². The van der Waals surface area contributed by atoms with Crippen molar-refractivity contribution in [2.24, 2.45) is 10.8 Å². The van der Waals surface area contributed by atoms with Crippen LogP contribution in [-0.4, -0.2) is 22.8 Å². The summed E-state index contributed by atoms with van der Waals surface area (Å²) in [6.45, 7) is 8.22. The molecule has 20 heavy (non-hydrogen) atoms. The number of hydrogen-bond donors (Lipinski definition) is 1. The first-order chi connectivity index (χ1) is 9.23. The summed E-state index contributed by atoms with van der Waals surface area (Å²) in [5.74, 6) is -0.247. The molecule has 4 rings (SSSR count). The summed E-state index contributed by atoms with van der Waals surface area (Å²) in [5, 5.41) is 10.7. The number of aliphatic hydroxyl groups excluding tert-OH is 1. The van der Waals surface area contributed by atoms with Crippen molar-refractivity contribution in [3.8, 4) is 0 Å². The zero-order valence-electron chi connectivity index (χ0n) is 12.4. The molecule has 1 N–H and O–H groups in total. The van der Waals surface area contributed by atoms with Gasteiger partial charge < -0.3 is 9.84 Å². The number of ether oxygens (including phenoxy) is 1. The monoisotopic (exact) mass is 272 g/mol. The molecule has 0 saturated heterocycles. The second-order valence-corrected chi connectivity index (χ2v) is 7.42. The van der Waals surface area contributed by atoms with Gasteiger partial charge in [0.15, 0.2) is 0 Å². The van der Waals surface area contributed by atoms with Gasteiger partial charge in [0.1, 0.15) is 5.60 Å². The van der Waals surface area contributed by atoms with Crippen molar-refractivity contribution in [1.82, 2.24) is 0 Å². The molecule has 3 aliphatic carbocycles. The van der Waals surface area contributed by atoms with E-state index in [1.807, 2.05) is 20.8 Å². The SMILES string of the molecule is CC1=C2C(=CC(C)(C)[C@@H]2O)C2=CC(=O)O[C@]2(C)C12CC2. The zero-order chi connectivity index (χ0) is 14.5. The first-order valence-electron chi connectivity index (χ1n) is 7.31. The molecule has 4 aliphatic rings. The Balaban J connectivity index is 2.04. The van der Waals surface area contributed by atoms with Crippen LogP contribution in [0.15, 0.2) is 34.4 Å². The lowest BCUT2D eigenvalue weighted by Gasteiger charge is -2.42. The second kappa shape index (κ2) is 3.11. The van der Waals surface area contributed by atoms with Crippen LogP contribution in [0, 0.1) is 10.8 Å². The van der Waals surface area contributed by atoms with Gasteiger partial charge in [-0.15, -0.1) is 0 Å². The quantitative estimate of drug-likeness (QED) is 0.690. The lowest BCUT2D eigenvalue weighted by atomic mass is 9.66. The van der Waals surface area contributed by atoms with Crippen LogP contribution in [0.25, 0.3) is 0 Å². The van der Waals surface area contributed by atoms with Gasteiger partial charge in [-0.2, -0.15) is 0 Å². The third kappa shape index (κ3) is 1.11. The van der Waals surface area contributed by atoms with Crippen LogP contribution in [0.5, 0.6) is 0 Å². The van der Waals surface area contributed by atoms with E-state index in [1.54, 1.807) is 6.08 Å². The molecule has 2 atom stereocenters. The first kappa shape index (κ1) is 12.4. The van der Waals surface area contributed by atoms with Crippen LogP contribution >= 0.6 is 0 Å². The van der Waals surface area contributed by atoms with Gasteiger partial charge in [-0.05, 0) is 37.8 Å². The van der Waals surface area contributed by atoms with E-state index in [1.165, 1.54) is 5.57 Å². The van der Waals surface area contributed by atoms with Crippen LogP contribution in [-0.2, 0) is 9.53 Å². The minimum atomic E-state index is -0.538. The molecule has 0 aromatic rings. The molecule has 0 bridgehead atoms. The van der Waals surface area contributed by atoms with Crippen molar-refractivity contribution >= 4 is 5.97 Å². The highest BCUT2D eigenvalue weighted by atomic mass is 16.6. The van der Waals surface area contributed by atoms with Crippen molar-refractivity contribution in [3.05, 3.63) is 34.4 Å². The van der Waals surface area contributed by atoms with E-state index in [2.05, 4.69) is 13.0 Å². The highest BCUT2D eigenvalue weighted by Gasteiger charge is 2.68. The van der Waals surface area contributed by atoms with Crippen molar-refractivity contribution < 1.29 is 14.6 Å². The molecule has 1 saturated carbocycles. The van der Waals surface area contributed by atoms with E-state index in [-0.39, 0.29) is 16.8 Å². The Bertz CT molecular complexity index is 643. The van der Waals surface area contributed by atoms with Gasteiger partial charge in [0, 0.05) is 22.5 Å². The molecule has 0 unspecified atom stereocenters. The van der Waals surface area contributed by atoms with E-state index >= 15 is 0 Å². The summed E-state index contributed by atoms with van der Waals surface area (Å²) >= 11 is 0. The maximum Gasteiger partial charge on any atom is 0.332 e. The Hall–Kier alpha value is -1.35. The predicted molar refractivity (Wildman–Crippen MR) is 74.8 cm³/mol. The van der Waals surface area contributed by atoms with Crippen molar-refractivity contribution in [2.45, 2.75) is 52.2 Å². The van der Waals surface area contributed by atoms with E-state index < -0.39 is 11.7 Å². The average Bonchev–Trinajstić information content (AvgIpc) is 3.03. The van der Waals surface area contributed by atoms with Crippen molar-refractivity contribution in [1.29, 1.82) is 0 Å². The number of rotatable bonds is 0. The largest absolute Gasteiger partial charge is 0.450 e. The molecule has 1 aliphatic heterocycles. The predicted octanol–water partition coefficient (Wildman–Crippen LogP) is 2.67. The Morgan fingerprint density at radius 1 is 1.30 bits per heavy atom. The fourth-order valence-electron chi connectivity index (χ4n) is 4.50. The van der Waals surface area contributed by atoms with Gasteiger partial charge in [-0.3, -0.25) is 0 Å². The first-order valence-corrected chi connectivity index (χ1v) is 7.31. The molecular weight excluding hydrogens is 252 g/mol. The topological polar surface area (TPSA) is 46.5 Å². The average molecular weight is 272 g/mol. The highest BCUT2D eigenvalue weighted by molar-refractivity contribution is 5.91. The van der Waals surface area contributed by atoms with E-state index in [9.17, 15) is 9.90 Å². The van der Waals surface area contributed by atoms with Gasteiger partial charge in [0.25, 0.3) is 0 Å². The van der Waals surface area contributed by atoms with Crippen LogP contribution in [0.1, 0.15) is 40.5 Å². The Morgan fingerprint density at radius 3 is 2.55 bits per heavy atom. The van der Waals surface area contributed by atoms with Gasteiger partial charge in [0.2, 0.25) is 0 Å². The standard InChI is InChI=1S/C17H20O3/c1-9-13-10(8-15(2,3)14(13)19)11-7-12(18)20-16(11,4)17(9)5-6-17/h7-8,14,19H,5-6H2,1-4H3/t14-,16+/m1/s1. The maximum absolute atomic E-state index is 11.9. The summed E-state index contributed by atoms with van der Waals surface area (Å²) in [7, 11) is 0. The number of carbonyl (C=O) groups is 1. The van der Waals surface area contributed by atoms with Crippen LogP contribution in [0.2, 0.25) is 0 Å². The number of esters is 1. The Labute approximate surface area is 119 Å².